The van der Waals surface area contributed by atoms with Crippen LogP contribution in [0.5, 0.6) is 5.75 Å². The Hall–Kier alpha value is -2.27. The Morgan fingerprint density at radius 2 is 1.34 bits per heavy atom. The molecule has 3 aliphatic rings. The summed E-state index contributed by atoms with van der Waals surface area (Å²) in [4.78, 5) is 29.8. The van der Waals surface area contributed by atoms with Crippen LogP contribution in [0.4, 0.5) is 0 Å². The monoisotopic (exact) mass is 571 g/mol. The van der Waals surface area contributed by atoms with Crippen LogP contribution in [-0.4, -0.2) is 23.5 Å². The number of Topliss-reactive ketones (excluding diaryl/α,β-unsaturated/α-hetero) is 2. The van der Waals surface area contributed by atoms with E-state index in [1.54, 1.807) is 24.3 Å². The third-order valence-electron chi connectivity index (χ3n) is 7.82. The van der Waals surface area contributed by atoms with Crippen LogP contribution in [0.15, 0.2) is 58.9 Å². The summed E-state index contributed by atoms with van der Waals surface area (Å²) in [7, 11) is 1.99. The fourth-order valence-electron chi connectivity index (χ4n) is 6.16. The first-order valence-electron chi connectivity index (χ1n) is 12.9. The van der Waals surface area contributed by atoms with Gasteiger partial charge in [-0.3, -0.25) is 9.59 Å². The van der Waals surface area contributed by atoms with Gasteiger partial charge in [-0.1, -0.05) is 74.6 Å². The first-order valence-corrected chi connectivity index (χ1v) is 14.0. The van der Waals surface area contributed by atoms with Crippen LogP contribution in [0.25, 0.3) is 0 Å². The normalized spacial score (nSPS) is 21.0. The van der Waals surface area contributed by atoms with E-state index < -0.39 is 5.92 Å². The molecule has 0 atom stereocenters. The van der Waals surface area contributed by atoms with E-state index in [0.29, 0.717) is 50.4 Å². The van der Waals surface area contributed by atoms with Crippen LogP contribution in [-0.2, 0) is 16.2 Å². The van der Waals surface area contributed by atoms with Crippen molar-refractivity contribution in [3.63, 3.8) is 0 Å². The summed E-state index contributed by atoms with van der Waals surface area (Å²) < 4.78 is 6.33. The second kappa shape index (κ2) is 9.73. The van der Waals surface area contributed by atoms with E-state index in [1.807, 2.05) is 19.2 Å². The summed E-state index contributed by atoms with van der Waals surface area (Å²) in [6, 6.07) is 10.8. The molecule has 38 heavy (non-hydrogen) atoms. The molecular formula is C31H32Cl3NO3. The van der Waals surface area contributed by atoms with Crippen molar-refractivity contribution < 1.29 is 14.3 Å². The maximum Gasteiger partial charge on any atom is 0.162 e. The van der Waals surface area contributed by atoms with Gasteiger partial charge >= 0.3 is 0 Å². The van der Waals surface area contributed by atoms with E-state index in [0.717, 1.165) is 29.8 Å². The number of nitrogens with zero attached hydrogens (tertiary/aromatic N) is 1. The first-order chi connectivity index (χ1) is 17.8. The molecule has 2 aromatic carbocycles. The van der Waals surface area contributed by atoms with Crippen molar-refractivity contribution in [3.8, 4) is 5.75 Å². The number of carbonyl (C=O) groups is 2. The predicted octanol–water partition coefficient (Wildman–Crippen LogP) is 8.54. The van der Waals surface area contributed by atoms with Crippen LogP contribution < -0.4 is 4.74 Å². The summed E-state index contributed by atoms with van der Waals surface area (Å²) in [6.07, 6.45) is 2.30. The molecule has 0 N–H and O–H groups in total. The van der Waals surface area contributed by atoms with Crippen LogP contribution >= 0.6 is 34.8 Å². The van der Waals surface area contributed by atoms with Gasteiger partial charge in [-0.05, 0) is 53.5 Å². The molecule has 2 aliphatic carbocycles. The van der Waals surface area contributed by atoms with Crippen LogP contribution in [0, 0.1) is 10.8 Å². The molecule has 7 heteroatoms. The summed E-state index contributed by atoms with van der Waals surface area (Å²) in [5.41, 5.74) is 4.48. The number of ether oxygens (including phenoxy) is 1. The van der Waals surface area contributed by atoms with Crippen molar-refractivity contribution >= 4 is 46.4 Å². The second-order valence-corrected chi connectivity index (χ2v) is 13.6. The lowest BCUT2D eigenvalue weighted by Crippen LogP contribution is -2.43. The van der Waals surface area contributed by atoms with Gasteiger partial charge in [-0.25, -0.2) is 0 Å². The largest absolute Gasteiger partial charge is 0.487 e. The fraction of sp³-hybridized carbons (Fsp3) is 0.419. The molecule has 0 fully saturated rings. The average Bonchev–Trinajstić information content (AvgIpc) is 2.79. The number of carbonyl (C=O) groups excluding carboxylic acids is 2. The van der Waals surface area contributed by atoms with Gasteiger partial charge in [-0.2, -0.15) is 0 Å². The van der Waals surface area contributed by atoms with Gasteiger partial charge in [0.05, 0.1) is 5.02 Å². The number of allylic oxidation sites excluding steroid dienone is 4. The molecule has 1 heterocycles. The molecule has 0 saturated heterocycles. The fourth-order valence-corrected chi connectivity index (χ4v) is 6.85. The number of hydrogen-bond donors (Lipinski definition) is 0. The average molecular weight is 573 g/mol. The molecule has 0 bridgehead atoms. The summed E-state index contributed by atoms with van der Waals surface area (Å²) in [6.45, 7) is 8.73. The van der Waals surface area contributed by atoms with E-state index in [1.165, 1.54) is 0 Å². The standard InChI is InChI=1S/C31H32Cl3NO3/c1-30(2)12-22-27(24(36)14-30)26(28-23(35(22)5)13-31(3,4)15-25(28)37)20-10-19(33)11-21(34)29(20)38-16-17-6-8-18(32)9-7-17/h6-11,26H,12-16H2,1-5H3. The smallest absolute Gasteiger partial charge is 0.162 e. The van der Waals surface area contributed by atoms with Gasteiger partial charge in [0.25, 0.3) is 0 Å². The quantitative estimate of drug-likeness (QED) is 0.368. The summed E-state index contributed by atoms with van der Waals surface area (Å²) in [5, 5.41) is 1.41. The lowest BCUT2D eigenvalue weighted by atomic mass is 9.63. The van der Waals surface area contributed by atoms with E-state index in [4.69, 9.17) is 39.5 Å². The third kappa shape index (κ3) is 5.03. The molecular weight excluding hydrogens is 541 g/mol. The number of benzene rings is 2. The van der Waals surface area contributed by atoms with E-state index >= 15 is 0 Å². The molecule has 5 rings (SSSR count). The lowest BCUT2D eigenvalue weighted by molar-refractivity contribution is -0.119. The highest BCUT2D eigenvalue weighted by atomic mass is 35.5. The van der Waals surface area contributed by atoms with E-state index in [-0.39, 0.29) is 29.0 Å². The Morgan fingerprint density at radius 3 is 1.87 bits per heavy atom. The molecule has 2 aromatic rings. The Bertz CT molecular complexity index is 1350. The minimum atomic E-state index is -0.584. The number of ketones is 2. The molecule has 0 unspecified atom stereocenters. The van der Waals surface area contributed by atoms with Crippen molar-refractivity contribution in [2.75, 3.05) is 7.05 Å². The Kier molecular flexibility index (Phi) is 6.99. The Morgan fingerprint density at radius 1 is 0.816 bits per heavy atom. The predicted molar refractivity (Wildman–Crippen MR) is 153 cm³/mol. The van der Waals surface area contributed by atoms with Gasteiger partial charge < -0.3 is 9.64 Å². The minimum absolute atomic E-state index is 0.0528. The summed E-state index contributed by atoms with van der Waals surface area (Å²) in [5.74, 6) is -0.0385. The molecule has 200 valence electrons. The van der Waals surface area contributed by atoms with Crippen LogP contribution in [0.1, 0.15) is 70.4 Å². The SMILES string of the molecule is CN1C2=C(C(=O)CC(C)(C)C2)C(c2cc(Cl)cc(Cl)c2OCc2ccc(Cl)cc2)C2=C1CC(C)(C)CC2=O. The number of hydrogen-bond acceptors (Lipinski definition) is 4. The molecule has 4 nitrogen and oxygen atoms in total. The van der Waals surface area contributed by atoms with Gasteiger partial charge in [0.15, 0.2) is 11.6 Å². The maximum atomic E-state index is 13.8. The minimum Gasteiger partial charge on any atom is -0.487 e. The zero-order valence-electron chi connectivity index (χ0n) is 22.4. The van der Waals surface area contributed by atoms with E-state index in [9.17, 15) is 9.59 Å². The van der Waals surface area contributed by atoms with Crippen molar-refractivity contribution in [2.24, 2.45) is 10.8 Å². The van der Waals surface area contributed by atoms with Crippen molar-refractivity contribution in [2.45, 2.75) is 65.9 Å². The highest BCUT2D eigenvalue weighted by Crippen LogP contribution is 2.56. The zero-order valence-corrected chi connectivity index (χ0v) is 24.7. The van der Waals surface area contributed by atoms with Crippen molar-refractivity contribution in [3.05, 3.63) is 85.1 Å². The molecule has 1 aliphatic heterocycles. The Labute approximate surface area is 239 Å². The first kappa shape index (κ1) is 27.3. The lowest BCUT2D eigenvalue weighted by Gasteiger charge is -2.48. The van der Waals surface area contributed by atoms with Crippen molar-refractivity contribution in [1.29, 1.82) is 0 Å². The summed E-state index contributed by atoms with van der Waals surface area (Å²) >= 11 is 19.3. The molecule has 0 aromatic heterocycles. The topological polar surface area (TPSA) is 46.6 Å². The molecule has 0 radical (unpaired) electrons. The van der Waals surface area contributed by atoms with Gasteiger partial charge in [0.1, 0.15) is 12.4 Å². The van der Waals surface area contributed by atoms with Crippen LogP contribution in [0.3, 0.4) is 0 Å². The van der Waals surface area contributed by atoms with Gasteiger partial charge in [-0.15, -0.1) is 0 Å². The Balaban J connectivity index is 1.70. The molecule has 0 amide bonds. The molecule has 0 saturated carbocycles. The highest BCUT2D eigenvalue weighted by Gasteiger charge is 2.49. The second-order valence-electron chi connectivity index (χ2n) is 12.3. The van der Waals surface area contributed by atoms with Crippen molar-refractivity contribution in [1.82, 2.24) is 4.90 Å². The van der Waals surface area contributed by atoms with Gasteiger partial charge in [0, 0.05) is 64.0 Å². The highest BCUT2D eigenvalue weighted by molar-refractivity contribution is 6.35. The zero-order chi connectivity index (χ0) is 27.6. The maximum absolute atomic E-state index is 13.8. The third-order valence-corrected chi connectivity index (χ3v) is 8.58. The van der Waals surface area contributed by atoms with Gasteiger partial charge in [0.2, 0.25) is 0 Å². The number of rotatable bonds is 4. The number of halogens is 3. The van der Waals surface area contributed by atoms with E-state index in [2.05, 4.69) is 32.6 Å². The molecule has 0 spiro atoms. The van der Waals surface area contributed by atoms with Crippen LogP contribution in [0.2, 0.25) is 15.1 Å².